The van der Waals surface area contributed by atoms with Gasteiger partial charge in [0, 0.05) is 19.0 Å². The van der Waals surface area contributed by atoms with Gasteiger partial charge in [-0.3, -0.25) is 4.68 Å². The zero-order valence-corrected chi connectivity index (χ0v) is 12.4. The first-order valence-electron chi connectivity index (χ1n) is 6.76. The lowest BCUT2D eigenvalue weighted by atomic mass is 10.1. The smallest absolute Gasteiger partial charge is 0.0850 e. The molecule has 0 spiro atoms. The monoisotopic (exact) mass is 269 g/mol. The molecule has 1 heterocycles. The number of nitrogens with one attached hydrogen (secondary N) is 1. The highest BCUT2D eigenvalue weighted by Crippen LogP contribution is 2.23. The number of rotatable bonds is 8. The molecule has 1 aromatic rings. The first-order valence-corrected chi connectivity index (χ1v) is 7.13. The van der Waals surface area contributed by atoms with Crippen LogP contribution >= 0.6 is 11.6 Å². The van der Waals surface area contributed by atoms with Gasteiger partial charge in [-0.15, -0.1) is 6.58 Å². The van der Waals surface area contributed by atoms with Crippen molar-refractivity contribution in [3.05, 3.63) is 29.1 Å². The maximum atomic E-state index is 6.42. The van der Waals surface area contributed by atoms with Gasteiger partial charge in [0.15, 0.2) is 0 Å². The van der Waals surface area contributed by atoms with Crippen LogP contribution in [0.4, 0.5) is 0 Å². The standard InChI is InChI=1S/C14H24ClN3/c1-5-9-11(16-7-3)10-13-14(15)12(6-2)17-18(13)8-4/h5,11,16H,1,6-10H2,2-4H3. The van der Waals surface area contributed by atoms with Gasteiger partial charge < -0.3 is 5.32 Å². The maximum absolute atomic E-state index is 6.42. The Kier molecular flexibility index (Phi) is 6.44. The second-order valence-corrected chi connectivity index (χ2v) is 4.74. The van der Waals surface area contributed by atoms with Crippen LogP contribution in [0.3, 0.4) is 0 Å². The third kappa shape index (κ3) is 3.59. The fraction of sp³-hybridized carbons (Fsp3) is 0.643. The van der Waals surface area contributed by atoms with Crippen molar-refractivity contribution in [1.29, 1.82) is 0 Å². The van der Waals surface area contributed by atoms with Crippen molar-refractivity contribution in [2.24, 2.45) is 0 Å². The minimum atomic E-state index is 0.386. The molecule has 1 rings (SSSR count). The van der Waals surface area contributed by atoms with E-state index in [1.54, 1.807) is 0 Å². The summed E-state index contributed by atoms with van der Waals surface area (Å²) in [6, 6.07) is 0.386. The number of aromatic nitrogens is 2. The van der Waals surface area contributed by atoms with Crippen molar-refractivity contribution in [2.45, 2.75) is 52.6 Å². The molecule has 0 aliphatic heterocycles. The fourth-order valence-electron chi connectivity index (χ4n) is 2.17. The second-order valence-electron chi connectivity index (χ2n) is 4.36. The zero-order valence-electron chi connectivity index (χ0n) is 11.7. The average molecular weight is 270 g/mol. The van der Waals surface area contributed by atoms with E-state index in [9.17, 15) is 0 Å². The van der Waals surface area contributed by atoms with Crippen LogP contribution in [-0.2, 0) is 19.4 Å². The SMILES string of the molecule is C=CCC(Cc1c(Cl)c(CC)nn1CC)NCC. The zero-order chi connectivity index (χ0) is 13.5. The van der Waals surface area contributed by atoms with E-state index >= 15 is 0 Å². The van der Waals surface area contributed by atoms with E-state index in [1.807, 2.05) is 10.8 Å². The number of halogens is 1. The van der Waals surface area contributed by atoms with Crippen LogP contribution in [0.2, 0.25) is 5.02 Å². The normalized spacial score (nSPS) is 12.7. The van der Waals surface area contributed by atoms with Crippen molar-refractivity contribution in [2.75, 3.05) is 6.54 Å². The first-order chi connectivity index (χ1) is 8.67. The van der Waals surface area contributed by atoms with Crippen molar-refractivity contribution in [3.8, 4) is 0 Å². The summed E-state index contributed by atoms with van der Waals surface area (Å²) in [4.78, 5) is 0. The number of nitrogens with zero attached hydrogens (tertiary/aromatic N) is 2. The minimum absolute atomic E-state index is 0.386. The molecule has 4 heteroatoms. The summed E-state index contributed by atoms with van der Waals surface area (Å²) >= 11 is 6.42. The quantitative estimate of drug-likeness (QED) is 0.735. The van der Waals surface area contributed by atoms with Gasteiger partial charge in [-0.1, -0.05) is 31.5 Å². The van der Waals surface area contributed by atoms with E-state index in [0.717, 1.165) is 48.8 Å². The molecule has 102 valence electrons. The Labute approximate surface area is 115 Å². The van der Waals surface area contributed by atoms with Crippen LogP contribution in [-0.4, -0.2) is 22.4 Å². The number of aryl methyl sites for hydroxylation is 2. The van der Waals surface area contributed by atoms with E-state index in [4.69, 9.17) is 11.6 Å². The largest absolute Gasteiger partial charge is 0.314 e. The molecule has 0 aliphatic rings. The Balaban J connectivity index is 2.92. The van der Waals surface area contributed by atoms with Gasteiger partial charge in [-0.25, -0.2) is 0 Å². The lowest BCUT2D eigenvalue weighted by molar-refractivity contribution is 0.502. The van der Waals surface area contributed by atoms with Crippen molar-refractivity contribution < 1.29 is 0 Å². The predicted molar refractivity (Wildman–Crippen MR) is 78.3 cm³/mol. The molecule has 0 aromatic carbocycles. The number of hydrogen-bond acceptors (Lipinski definition) is 2. The van der Waals surface area contributed by atoms with Crippen LogP contribution in [0.15, 0.2) is 12.7 Å². The first kappa shape index (κ1) is 15.3. The Bertz CT molecular complexity index is 385. The number of likely N-dealkylation sites (N-methyl/N-ethyl adjacent to an activating group) is 1. The lowest BCUT2D eigenvalue weighted by Gasteiger charge is -2.16. The van der Waals surface area contributed by atoms with E-state index in [-0.39, 0.29) is 0 Å². The third-order valence-electron chi connectivity index (χ3n) is 3.08. The molecule has 18 heavy (non-hydrogen) atoms. The summed E-state index contributed by atoms with van der Waals surface area (Å²) in [5, 5.41) is 8.86. The molecule has 0 saturated carbocycles. The minimum Gasteiger partial charge on any atom is -0.314 e. The summed E-state index contributed by atoms with van der Waals surface area (Å²) in [5.41, 5.74) is 2.14. The molecule has 1 unspecified atom stereocenters. The molecular formula is C14H24ClN3. The Hall–Kier alpha value is -0.800. The Morgan fingerprint density at radius 2 is 2.17 bits per heavy atom. The van der Waals surface area contributed by atoms with E-state index in [0.29, 0.717) is 6.04 Å². The molecular weight excluding hydrogens is 246 g/mol. The molecule has 0 radical (unpaired) electrons. The van der Waals surface area contributed by atoms with E-state index < -0.39 is 0 Å². The Morgan fingerprint density at radius 1 is 1.44 bits per heavy atom. The van der Waals surface area contributed by atoms with Crippen molar-refractivity contribution >= 4 is 11.6 Å². The van der Waals surface area contributed by atoms with Gasteiger partial charge in [0.1, 0.15) is 0 Å². The highest BCUT2D eigenvalue weighted by atomic mass is 35.5. The summed E-state index contributed by atoms with van der Waals surface area (Å²) in [7, 11) is 0. The summed E-state index contributed by atoms with van der Waals surface area (Å²) in [6.45, 7) is 11.9. The van der Waals surface area contributed by atoms with Crippen LogP contribution in [0.1, 0.15) is 38.6 Å². The maximum Gasteiger partial charge on any atom is 0.0850 e. The van der Waals surface area contributed by atoms with E-state index in [1.165, 1.54) is 0 Å². The van der Waals surface area contributed by atoms with Gasteiger partial charge in [0.05, 0.1) is 16.4 Å². The van der Waals surface area contributed by atoms with Crippen LogP contribution in [0.5, 0.6) is 0 Å². The molecule has 0 aliphatic carbocycles. The second kappa shape index (κ2) is 7.59. The molecule has 3 nitrogen and oxygen atoms in total. The van der Waals surface area contributed by atoms with Gasteiger partial charge in [0.25, 0.3) is 0 Å². The highest BCUT2D eigenvalue weighted by molar-refractivity contribution is 6.31. The third-order valence-corrected chi connectivity index (χ3v) is 3.51. The molecule has 0 bridgehead atoms. The van der Waals surface area contributed by atoms with Gasteiger partial charge >= 0.3 is 0 Å². The number of hydrogen-bond donors (Lipinski definition) is 1. The molecule has 0 fully saturated rings. The van der Waals surface area contributed by atoms with Crippen LogP contribution in [0.25, 0.3) is 0 Å². The van der Waals surface area contributed by atoms with Gasteiger partial charge in [0.2, 0.25) is 0 Å². The topological polar surface area (TPSA) is 29.9 Å². The van der Waals surface area contributed by atoms with Gasteiger partial charge in [-0.2, -0.15) is 5.10 Å². The lowest BCUT2D eigenvalue weighted by Crippen LogP contribution is -2.31. The summed E-state index contributed by atoms with van der Waals surface area (Å²) in [5.74, 6) is 0. The molecule has 0 amide bonds. The van der Waals surface area contributed by atoms with Crippen molar-refractivity contribution in [1.82, 2.24) is 15.1 Å². The Morgan fingerprint density at radius 3 is 2.67 bits per heavy atom. The van der Waals surface area contributed by atoms with Crippen LogP contribution < -0.4 is 5.32 Å². The molecule has 0 saturated heterocycles. The predicted octanol–water partition coefficient (Wildman–Crippen LogP) is 3.22. The van der Waals surface area contributed by atoms with E-state index in [2.05, 4.69) is 37.8 Å². The molecule has 1 N–H and O–H groups in total. The highest BCUT2D eigenvalue weighted by Gasteiger charge is 2.17. The van der Waals surface area contributed by atoms with Crippen LogP contribution in [0, 0.1) is 0 Å². The van der Waals surface area contributed by atoms with Gasteiger partial charge in [-0.05, 0) is 26.3 Å². The average Bonchev–Trinajstić information content (AvgIpc) is 2.67. The summed E-state index contributed by atoms with van der Waals surface area (Å²) < 4.78 is 2.02. The van der Waals surface area contributed by atoms with Crippen molar-refractivity contribution in [3.63, 3.8) is 0 Å². The summed E-state index contributed by atoms with van der Waals surface area (Å²) in [6.07, 6.45) is 4.68. The molecule has 1 atom stereocenters. The molecule has 1 aromatic heterocycles. The fourth-order valence-corrected chi connectivity index (χ4v) is 2.52.